The summed E-state index contributed by atoms with van der Waals surface area (Å²) in [7, 11) is 0. The van der Waals surface area contributed by atoms with Crippen LogP contribution in [0.15, 0.2) is 24.3 Å². The molecule has 6 nitrogen and oxygen atoms in total. The lowest BCUT2D eigenvalue weighted by molar-refractivity contribution is -0.146. The number of hydrogen-bond donors (Lipinski definition) is 1. The number of rotatable bonds is 5. The molecule has 0 aromatic heterocycles. The van der Waals surface area contributed by atoms with E-state index in [-0.39, 0.29) is 11.3 Å². The van der Waals surface area contributed by atoms with Crippen LogP contribution >= 0.6 is 0 Å². The molecule has 0 spiro atoms. The van der Waals surface area contributed by atoms with Gasteiger partial charge in [0.15, 0.2) is 6.61 Å². The second-order valence-corrected chi connectivity index (χ2v) is 3.56. The summed E-state index contributed by atoms with van der Waals surface area (Å²) in [6, 6.07) is 4.76. The van der Waals surface area contributed by atoms with E-state index >= 15 is 0 Å². The zero-order valence-electron chi connectivity index (χ0n) is 10.4. The maximum Gasteiger partial charge on any atom is 0.387 e. The SMILES string of the molecule is CC(=O)OCC(=O)NC(=O)c1ccc(OC(F)F)cc1. The van der Waals surface area contributed by atoms with Gasteiger partial charge in [-0.2, -0.15) is 8.78 Å². The van der Waals surface area contributed by atoms with E-state index in [1.807, 2.05) is 5.32 Å². The van der Waals surface area contributed by atoms with E-state index in [1.165, 1.54) is 12.1 Å². The monoisotopic (exact) mass is 287 g/mol. The van der Waals surface area contributed by atoms with Gasteiger partial charge in [0.05, 0.1) is 0 Å². The molecule has 0 saturated heterocycles. The summed E-state index contributed by atoms with van der Waals surface area (Å²) >= 11 is 0. The number of alkyl halides is 2. The van der Waals surface area contributed by atoms with Crippen molar-refractivity contribution in [2.45, 2.75) is 13.5 Å². The summed E-state index contributed by atoms with van der Waals surface area (Å²) in [5.74, 6) is -2.30. The van der Waals surface area contributed by atoms with Gasteiger partial charge < -0.3 is 9.47 Å². The molecule has 0 aliphatic carbocycles. The number of nitrogens with one attached hydrogen (secondary N) is 1. The first-order valence-electron chi connectivity index (χ1n) is 5.41. The molecule has 0 heterocycles. The Kier molecular flexibility index (Phi) is 5.57. The first-order chi connectivity index (χ1) is 9.38. The quantitative estimate of drug-likeness (QED) is 0.820. The molecule has 1 N–H and O–H groups in total. The molecule has 20 heavy (non-hydrogen) atoms. The number of carbonyl (C=O) groups excluding carboxylic acids is 3. The van der Waals surface area contributed by atoms with Gasteiger partial charge in [0.25, 0.3) is 11.8 Å². The van der Waals surface area contributed by atoms with Crippen LogP contribution in [0, 0.1) is 0 Å². The summed E-state index contributed by atoms with van der Waals surface area (Å²) in [5, 5.41) is 1.97. The van der Waals surface area contributed by atoms with Crippen molar-refractivity contribution in [1.82, 2.24) is 5.32 Å². The first-order valence-corrected chi connectivity index (χ1v) is 5.41. The molecule has 0 aliphatic heterocycles. The summed E-state index contributed by atoms with van der Waals surface area (Å²) in [6.45, 7) is -2.41. The molecule has 0 aliphatic rings. The lowest BCUT2D eigenvalue weighted by Gasteiger charge is -2.06. The Bertz CT molecular complexity index is 501. The fourth-order valence-corrected chi connectivity index (χ4v) is 1.19. The van der Waals surface area contributed by atoms with Gasteiger partial charge in [0.1, 0.15) is 5.75 Å². The highest BCUT2D eigenvalue weighted by Gasteiger charge is 2.12. The van der Waals surface area contributed by atoms with Crippen molar-refractivity contribution in [3.63, 3.8) is 0 Å². The van der Waals surface area contributed by atoms with Crippen molar-refractivity contribution in [2.24, 2.45) is 0 Å². The molecule has 0 unspecified atom stereocenters. The Morgan fingerprint density at radius 3 is 2.30 bits per heavy atom. The third kappa shape index (κ3) is 5.42. The van der Waals surface area contributed by atoms with Crippen LogP contribution in [0.5, 0.6) is 5.75 Å². The van der Waals surface area contributed by atoms with Crippen LogP contribution in [-0.4, -0.2) is 31.0 Å². The minimum absolute atomic E-state index is 0.0720. The smallest absolute Gasteiger partial charge is 0.387 e. The lowest BCUT2D eigenvalue weighted by atomic mass is 10.2. The maximum atomic E-state index is 11.9. The van der Waals surface area contributed by atoms with Crippen LogP contribution in [0.1, 0.15) is 17.3 Å². The standard InChI is InChI=1S/C12H11F2NO5/c1-7(16)19-6-10(17)15-11(18)8-2-4-9(5-3-8)20-12(13)14/h2-5,12H,6H2,1H3,(H,15,17,18). The lowest BCUT2D eigenvalue weighted by Crippen LogP contribution is -2.33. The van der Waals surface area contributed by atoms with Crippen molar-refractivity contribution < 1.29 is 32.6 Å². The third-order valence-electron chi connectivity index (χ3n) is 2.00. The van der Waals surface area contributed by atoms with E-state index in [4.69, 9.17) is 0 Å². The Morgan fingerprint density at radius 1 is 1.20 bits per heavy atom. The molecule has 1 rings (SSSR count). The van der Waals surface area contributed by atoms with Gasteiger partial charge in [-0.05, 0) is 24.3 Å². The van der Waals surface area contributed by atoms with E-state index in [1.54, 1.807) is 0 Å². The van der Waals surface area contributed by atoms with Gasteiger partial charge in [-0.3, -0.25) is 19.7 Å². The van der Waals surface area contributed by atoms with Crippen LogP contribution in [0.3, 0.4) is 0 Å². The van der Waals surface area contributed by atoms with E-state index in [0.717, 1.165) is 19.1 Å². The van der Waals surface area contributed by atoms with Crippen LogP contribution in [0.4, 0.5) is 8.78 Å². The van der Waals surface area contributed by atoms with Gasteiger partial charge in [0.2, 0.25) is 0 Å². The Hall–Kier alpha value is -2.51. The zero-order valence-corrected chi connectivity index (χ0v) is 10.4. The van der Waals surface area contributed by atoms with E-state index in [0.29, 0.717) is 0 Å². The molecule has 108 valence electrons. The molecule has 2 amide bonds. The van der Waals surface area contributed by atoms with Crippen molar-refractivity contribution in [3.8, 4) is 5.75 Å². The van der Waals surface area contributed by atoms with Crippen LogP contribution in [0.25, 0.3) is 0 Å². The highest BCUT2D eigenvalue weighted by atomic mass is 19.3. The van der Waals surface area contributed by atoms with E-state index in [9.17, 15) is 23.2 Å². The topological polar surface area (TPSA) is 81.7 Å². The molecule has 0 saturated carbocycles. The number of carbonyl (C=O) groups is 3. The molecular formula is C12H11F2NO5. The molecular weight excluding hydrogens is 276 g/mol. The second kappa shape index (κ2) is 7.17. The molecule has 1 aromatic rings. The number of halogens is 2. The number of benzene rings is 1. The first kappa shape index (κ1) is 15.5. The van der Waals surface area contributed by atoms with Gasteiger partial charge in [-0.15, -0.1) is 0 Å². The highest BCUT2D eigenvalue weighted by Crippen LogP contribution is 2.14. The van der Waals surface area contributed by atoms with Crippen LogP contribution in [0.2, 0.25) is 0 Å². The predicted molar refractivity (Wildman–Crippen MR) is 62.2 cm³/mol. The highest BCUT2D eigenvalue weighted by molar-refractivity contribution is 6.05. The third-order valence-corrected chi connectivity index (χ3v) is 2.00. The Balaban J connectivity index is 2.55. The normalized spacial score (nSPS) is 10.0. The van der Waals surface area contributed by atoms with Gasteiger partial charge >= 0.3 is 12.6 Å². The van der Waals surface area contributed by atoms with Gasteiger partial charge in [-0.25, -0.2) is 0 Å². The largest absolute Gasteiger partial charge is 0.456 e. The molecule has 1 aromatic carbocycles. The fraction of sp³-hybridized carbons (Fsp3) is 0.250. The van der Waals surface area contributed by atoms with Gasteiger partial charge in [0, 0.05) is 12.5 Å². The van der Waals surface area contributed by atoms with Crippen molar-refractivity contribution in [3.05, 3.63) is 29.8 Å². The van der Waals surface area contributed by atoms with Crippen molar-refractivity contribution in [2.75, 3.05) is 6.61 Å². The molecule has 0 bridgehead atoms. The summed E-state index contributed by atoms with van der Waals surface area (Å²) in [6.07, 6.45) is 0. The molecule has 0 atom stereocenters. The number of ether oxygens (including phenoxy) is 2. The number of esters is 1. The summed E-state index contributed by atoms with van der Waals surface area (Å²) in [5.41, 5.74) is 0.0720. The minimum Gasteiger partial charge on any atom is -0.456 e. The summed E-state index contributed by atoms with van der Waals surface area (Å²) < 4.78 is 32.3. The molecule has 0 radical (unpaired) electrons. The number of hydrogen-bond acceptors (Lipinski definition) is 5. The van der Waals surface area contributed by atoms with E-state index < -0.39 is 31.0 Å². The zero-order chi connectivity index (χ0) is 15.1. The average molecular weight is 287 g/mol. The van der Waals surface area contributed by atoms with Crippen LogP contribution < -0.4 is 10.1 Å². The van der Waals surface area contributed by atoms with Crippen molar-refractivity contribution >= 4 is 17.8 Å². The fourth-order valence-electron chi connectivity index (χ4n) is 1.19. The van der Waals surface area contributed by atoms with Crippen molar-refractivity contribution in [1.29, 1.82) is 0 Å². The number of imide groups is 1. The molecule has 8 heteroatoms. The van der Waals surface area contributed by atoms with Gasteiger partial charge in [-0.1, -0.05) is 0 Å². The molecule has 0 fully saturated rings. The van der Waals surface area contributed by atoms with Crippen LogP contribution in [-0.2, 0) is 14.3 Å². The maximum absolute atomic E-state index is 11.9. The Morgan fingerprint density at radius 2 is 1.80 bits per heavy atom. The average Bonchev–Trinajstić information content (AvgIpc) is 2.36. The predicted octanol–water partition coefficient (Wildman–Crippen LogP) is 1.11. The minimum atomic E-state index is -2.96. The summed E-state index contributed by atoms with van der Waals surface area (Å²) in [4.78, 5) is 33.2. The number of amides is 2. The second-order valence-electron chi connectivity index (χ2n) is 3.56. The van der Waals surface area contributed by atoms with E-state index in [2.05, 4.69) is 9.47 Å². The Labute approximate surface area is 112 Å².